The lowest BCUT2D eigenvalue weighted by Gasteiger charge is -2.15. The van der Waals surface area contributed by atoms with Gasteiger partial charge in [-0.15, -0.1) is 0 Å². The van der Waals surface area contributed by atoms with Crippen molar-refractivity contribution in [3.05, 3.63) is 41.9 Å². The molecule has 0 saturated carbocycles. The Bertz CT molecular complexity index is 785. The van der Waals surface area contributed by atoms with Crippen LogP contribution in [-0.4, -0.2) is 38.5 Å². The number of amides is 3. The van der Waals surface area contributed by atoms with E-state index < -0.39 is 17.7 Å². The lowest BCUT2D eigenvalue weighted by molar-refractivity contribution is -0.117. The molecule has 0 unspecified atom stereocenters. The number of hydrogen-bond donors (Lipinski definition) is 3. The fourth-order valence-electron chi connectivity index (χ4n) is 2.02. The number of benzene rings is 1. The Hall–Kier alpha value is -3.49. The van der Waals surface area contributed by atoms with Crippen LogP contribution in [0.4, 0.5) is 5.69 Å². The van der Waals surface area contributed by atoms with Crippen molar-refractivity contribution in [1.29, 1.82) is 0 Å². The van der Waals surface area contributed by atoms with Gasteiger partial charge in [-0.2, -0.15) is 0 Å². The number of carbonyl (C=O) groups excluding carboxylic acids is 3. The van der Waals surface area contributed by atoms with Crippen molar-refractivity contribution in [2.24, 2.45) is 5.73 Å². The van der Waals surface area contributed by atoms with Crippen LogP contribution < -0.4 is 25.8 Å². The third-order valence-corrected chi connectivity index (χ3v) is 3.18. The van der Waals surface area contributed by atoms with Crippen LogP contribution in [0.25, 0.3) is 0 Å². The highest BCUT2D eigenvalue weighted by Gasteiger charge is 2.20. The molecule has 25 heavy (non-hydrogen) atoms. The molecule has 0 aliphatic carbocycles. The predicted molar refractivity (Wildman–Crippen MR) is 87.7 cm³/mol. The number of hydrogen-bond acceptors (Lipinski definition) is 6. The first-order valence-electron chi connectivity index (χ1n) is 7.13. The van der Waals surface area contributed by atoms with Crippen LogP contribution in [0.1, 0.15) is 20.9 Å². The molecule has 0 aliphatic rings. The zero-order chi connectivity index (χ0) is 18.4. The van der Waals surface area contributed by atoms with Crippen LogP contribution in [0.3, 0.4) is 0 Å². The average molecular weight is 347 g/mol. The zero-order valence-corrected chi connectivity index (χ0v) is 13.6. The van der Waals surface area contributed by atoms with Gasteiger partial charge in [-0.05, 0) is 18.2 Å². The second-order valence-corrected chi connectivity index (χ2v) is 4.83. The van der Waals surface area contributed by atoms with Crippen molar-refractivity contribution < 1.29 is 28.3 Å². The van der Waals surface area contributed by atoms with Gasteiger partial charge in [0.1, 0.15) is 0 Å². The summed E-state index contributed by atoms with van der Waals surface area (Å²) in [7, 11) is 2.83. The molecule has 1 aromatic carbocycles. The summed E-state index contributed by atoms with van der Waals surface area (Å²) in [5, 5.41) is 4.91. The maximum Gasteiger partial charge on any atom is 0.291 e. The molecule has 4 N–H and O–H groups in total. The van der Waals surface area contributed by atoms with E-state index >= 15 is 0 Å². The fraction of sp³-hybridized carbons (Fsp3) is 0.188. The third kappa shape index (κ3) is 4.28. The van der Waals surface area contributed by atoms with E-state index in [1.54, 1.807) is 6.07 Å². The molecule has 0 fully saturated rings. The van der Waals surface area contributed by atoms with Crippen molar-refractivity contribution >= 4 is 23.4 Å². The maximum atomic E-state index is 12.3. The normalized spacial score (nSPS) is 10.0. The number of ether oxygens (including phenoxy) is 2. The number of carbonyl (C=O) groups is 3. The van der Waals surface area contributed by atoms with E-state index in [2.05, 4.69) is 10.6 Å². The highest BCUT2D eigenvalue weighted by atomic mass is 16.5. The van der Waals surface area contributed by atoms with Gasteiger partial charge in [-0.25, -0.2) is 0 Å². The Morgan fingerprint density at radius 2 is 1.80 bits per heavy atom. The van der Waals surface area contributed by atoms with Crippen LogP contribution in [0.15, 0.2) is 34.9 Å². The summed E-state index contributed by atoms with van der Waals surface area (Å²) in [4.78, 5) is 35.4. The summed E-state index contributed by atoms with van der Waals surface area (Å²) in [6.45, 7) is -0.348. The highest BCUT2D eigenvalue weighted by molar-refractivity contribution is 6.08. The van der Waals surface area contributed by atoms with Gasteiger partial charge in [0.05, 0.1) is 38.3 Å². The van der Waals surface area contributed by atoms with Crippen molar-refractivity contribution in [2.75, 3.05) is 26.1 Å². The van der Waals surface area contributed by atoms with Crippen molar-refractivity contribution in [3.63, 3.8) is 0 Å². The van der Waals surface area contributed by atoms with Crippen LogP contribution in [0.5, 0.6) is 11.5 Å². The van der Waals surface area contributed by atoms with E-state index in [4.69, 9.17) is 19.6 Å². The number of methoxy groups -OCH3 is 2. The number of furan rings is 1. The minimum Gasteiger partial charge on any atom is -0.493 e. The summed E-state index contributed by atoms with van der Waals surface area (Å²) < 4.78 is 15.4. The Kier molecular flexibility index (Phi) is 5.62. The third-order valence-electron chi connectivity index (χ3n) is 3.18. The standard InChI is InChI=1S/C16H17N3O6/c1-23-12-6-9(15(21)18-8-14(17)20)10(7-13(12)24-2)19-16(22)11-4-3-5-25-11/h3-7H,8H2,1-2H3,(H2,17,20)(H,18,21)(H,19,22). The smallest absolute Gasteiger partial charge is 0.291 e. The summed E-state index contributed by atoms with van der Waals surface area (Å²) in [5.41, 5.74) is 5.25. The molecular weight excluding hydrogens is 330 g/mol. The van der Waals surface area contributed by atoms with Crippen molar-refractivity contribution in [3.8, 4) is 11.5 Å². The van der Waals surface area contributed by atoms with Gasteiger partial charge in [-0.1, -0.05) is 0 Å². The van der Waals surface area contributed by atoms with E-state index in [0.717, 1.165) is 0 Å². The van der Waals surface area contributed by atoms with E-state index in [9.17, 15) is 14.4 Å². The SMILES string of the molecule is COc1cc(NC(=O)c2ccco2)c(C(=O)NCC(N)=O)cc1OC. The van der Waals surface area contributed by atoms with Gasteiger partial charge in [0.2, 0.25) is 5.91 Å². The molecule has 9 nitrogen and oxygen atoms in total. The van der Waals surface area contributed by atoms with Crippen molar-refractivity contribution in [1.82, 2.24) is 5.32 Å². The first-order valence-corrected chi connectivity index (χ1v) is 7.13. The first-order chi connectivity index (χ1) is 12.0. The Balaban J connectivity index is 2.38. The molecule has 0 aliphatic heterocycles. The Morgan fingerprint density at radius 1 is 1.12 bits per heavy atom. The summed E-state index contributed by atoms with van der Waals surface area (Å²) in [6.07, 6.45) is 1.35. The van der Waals surface area contributed by atoms with Gasteiger partial charge in [0.25, 0.3) is 11.8 Å². The van der Waals surface area contributed by atoms with Gasteiger partial charge >= 0.3 is 0 Å². The quantitative estimate of drug-likeness (QED) is 0.677. The van der Waals surface area contributed by atoms with Gasteiger partial charge < -0.3 is 30.3 Å². The number of nitrogens with two attached hydrogens (primary N) is 1. The van der Waals surface area contributed by atoms with Crippen LogP contribution in [0.2, 0.25) is 0 Å². The molecule has 1 aromatic heterocycles. The summed E-state index contributed by atoms with van der Waals surface area (Å²) >= 11 is 0. The molecule has 3 amide bonds. The Labute approximate surface area is 143 Å². The number of rotatable bonds is 7. The molecule has 0 spiro atoms. The molecule has 2 rings (SSSR count). The van der Waals surface area contributed by atoms with Gasteiger partial charge in [-0.3, -0.25) is 14.4 Å². The molecular formula is C16H17N3O6. The predicted octanol–water partition coefficient (Wildman–Crippen LogP) is 0.764. The second-order valence-electron chi connectivity index (χ2n) is 4.83. The van der Waals surface area contributed by atoms with Crippen LogP contribution >= 0.6 is 0 Å². The van der Waals surface area contributed by atoms with E-state index in [0.29, 0.717) is 5.75 Å². The highest BCUT2D eigenvalue weighted by Crippen LogP contribution is 2.33. The molecule has 2 aromatic rings. The van der Waals surface area contributed by atoms with Gasteiger partial charge in [0.15, 0.2) is 17.3 Å². The second kappa shape index (κ2) is 7.86. The largest absolute Gasteiger partial charge is 0.493 e. The average Bonchev–Trinajstić information content (AvgIpc) is 3.13. The molecule has 1 heterocycles. The topological polar surface area (TPSA) is 133 Å². The number of primary amides is 1. The summed E-state index contributed by atoms with van der Waals surface area (Å²) in [6, 6.07) is 5.85. The van der Waals surface area contributed by atoms with Gasteiger partial charge in [0, 0.05) is 6.07 Å². The monoisotopic (exact) mass is 347 g/mol. The molecule has 0 atom stereocenters. The minimum absolute atomic E-state index is 0.0679. The van der Waals surface area contributed by atoms with E-state index in [1.807, 2.05) is 0 Å². The van der Waals surface area contributed by atoms with Crippen LogP contribution in [0, 0.1) is 0 Å². The first kappa shape index (κ1) is 17.9. The lowest BCUT2D eigenvalue weighted by Crippen LogP contribution is -2.33. The maximum absolute atomic E-state index is 12.3. The Morgan fingerprint density at radius 3 is 2.36 bits per heavy atom. The number of anilines is 1. The van der Waals surface area contributed by atoms with Crippen molar-refractivity contribution in [2.45, 2.75) is 0 Å². The lowest BCUT2D eigenvalue weighted by atomic mass is 10.1. The van der Waals surface area contributed by atoms with E-state index in [1.165, 1.54) is 38.7 Å². The molecule has 0 saturated heterocycles. The zero-order valence-electron chi connectivity index (χ0n) is 13.6. The number of nitrogens with one attached hydrogen (secondary N) is 2. The fourth-order valence-corrected chi connectivity index (χ4v) is 2.02. The summed E-state index contributed by atoms with van der Waals surface area (Å²) in [5.74, 6) is -1.21. The van der Waals surface area contributed by atoms with E-state index in [-0.39, 0.29) is 29.3 Å². The molecule has 0 radical (unpaired) electrons. The van der Waals surface area contributed by atoms with Crippen LogP contribution in [-0.2, 0) is 4.79 Å². The minimum atomic E-state index is -0.699. The molecule has 132 valence electrons. The molecule has 9 heteroatoms. The molecule has 0 bridgehead atoms.